The zero-order valence-corrected chi connectivity index (χ0v) is 12.8. The molecule has 0 saturated heterocycles. The number of rotatable bonds is 5. The third kappa shape index (κ3) is 3.57. The van der Waals surface area contributed by atoms with Crippen LogP contribution >= 0.6 is 11.3 Å². The van der Waals surface area contributed by atoms with Gasteiger partial charge in [-0.2, -0.15) is 0 Å². The minimum absolute atomic E-state index is 0.329. The van der Waals surface area contributed by atoms with Crippen LogP contribution in [-0.2, 0) is 6.54 Å². The predicted molar refractivity (Wildman–Crippen MR) is 89.2 cm³/mol. The molecule has 0 saturated carbocycles. The van der Waals surface area contributed by atoms with Gasteiger partial charge < -0.3 is 5.32 Å². The SMILES string of the molecule is C[C@@H](NCc1ncc(-c2ccccc2)s1)c1ccccc1. The van der Waals surface area contributed by atoms with E-state index in [0.29, 0.717) is 6.04 Å². The number of nitrogens with one attached hydrogen (secondary N) is 1. The van der Waals surface area contributed by atoms with Gasteiger partial charge in [-0.25, -0.2) is 4.98 Å². The number of thiazole rings is 1. The van der Waals surface area contributed by atoms with E-state index in [2.05, 4.69) is 65.8 Å². The maximum atomic E-state index is 4.51. The monoisotopic (exact) mass is 294 g/mol. The van der Waals surface area contributed by atoms with E-state index in [1.165, 1.54) is 16.0 Å². The van der Waals surface area contributed by atoms with E-state index in [9.17, 15) is 0 Å². The Bertz CT molecular complexity index is 677. The molecule has 3 aromatic rings. The Hall–Kier alpha value is -1.97. The molecule has 0 amide bonds. The summed E-state index contributed by atoms with van der Waals surface area (Å²) in [6.45, 7) is 2.98. The lowest BCUT2D eigenvalue weighted by Gasteiger charge is -2.12. The zero-order valence-electron chi connectivity index (χ0n) is 12.0. The molecule has 106 valence electrons. The third-order valence-corrected chi connectivity index (χ3v) is 4.52. The second-order valence-corrected chi connectivity index (χ2v) is 6.11. The van der Waals surface area contributed by atoms with Gasteiger partial charge in [-0.3, -0.25) is 0 Å². The molecule has 0 aliphatic heterocycles. The highest BCUT2D eigenvalue weighted by Crippen LogP contribution is 2.26. The molecule has 0 fully saturated rings. The van der Waals surface area contributed by atoms with Gasteiger partial charge in [0.2, 0.25) is 0 Å². The lowest BCUT2D eigenvalue weighted by Crippen LogP contribution is -2.17. The van der Waals surface area contributed by atoms with Gasteiger partial charge in [-0.05, 0) is 18.1 Å². The van der Waals surface area contributed by atoms with Crippen molar-refractivity contribution >= 4 is 11.3 Å². The molecule has 1 atom stereocenters. The quantitative estimate of drug-likeness (QED) is 0.740. The van der Waals surface area contributed by atoms with Gasteiger partial charge >= 0.3 is 0 Å². The van der Waals surface area contributed by atoms with Crippen LogP contribution < -0.4 is 5.32 Å². The average molecular weight is 294 g/mol. The van der Waals surface area contributed by atoms with Gasteiger partial charge in [0, 0.05) is 18.8 Å². The van der Waals surface area contributed by atoms with Crippen molar-refractivity contribution in [3.05, 3.63) is 77.4 Å². The summed E-state index contributed by atoms with van der Waals surface area (Å²) < 4.78 is 0. The average Bonchev–Trinajstić information content (AvgIpc) is 3.03. The van der Waals surface area contributed by atoms with E-state index in [-0.39, 0.29) is 0 Å². The van der Waals surface area contributed by atoms with E-state index >= 15 is 0 Å². The van der Waals surface area contributed by atoms with Gasteiger partial charge in [0.15, 0.2) is 0 Å². The van der Waals surface area contributed by atoms with Crippen molar-refractivity contribution in [1.82, 2.24) is 10.3 Å². The van der Waals surface area contributed by atoms with Crippen molar-refractivity contribution in [2.24, 2.45) is 0 Å². The smallest absolute Gasteiger partial charge is 0.107 e. The standard InChI is InChI=1S/C18H18N2S/c1-14(15-8-4-2-5-9-15)19-13-18-20-12-17(21-18)16-10-6-3-7-11-16/h2-12,14,19H,13H2,1H3/t14-/m1/s1. The van der Waals surface area contributed by atoms with Gasteiger partial charge in [-0.1, -0.05) is 60.7 Å². The normalized spacial score (nSPS) is 12.2. The predicted octanol–water partition coefficient (Wildman–Crippen LogP) is 4.66. The van der Waals surface area contributed by atoms with Crippen molar-refractivity contribution in [2.45, 2.75) is 19.5 Å². The van der Waals surface area contributed by atoms with Crippen LogP contribution in [-0.4, -0.2) is 4.98 Å². The van der Waals surface area contributed by atoms with Crippen molar-refractivity contribution in [2.75, 3.05) is 0 Å². The maximum absolute atomic E-state index is 4.51. The first kappa shape index (κ1) is 14.0. The van der Waals surface area contributed by atoms with Gasteiger partial charge in [0.1, 0.15) is 5.01 Å². The molecule has 0 bridgehead atoms. The summed E-state index contributed by atoms with van der Waals surface area (Å²) in [5.74, 6) is 0. The highest BCUT2D eigenvalue weighted by atomic mass is 32.1. The van der Waals surface area contributed by atoms with Gasteiger partial charge in [-0.15, -0.1) is 11.3 Å². The molecular formula is C18H18N2S. The summed E-state index contributed by atoms with van der Waals surface area (Å²) in [5.41, 5.74) is 2.54. The first-order chi connectivity index (χ1) is 10.3. The summed E-state index contributed by atoms with van der Waals surface area (Å²) in [6.07, 6.45) is 1.96. The first-order valence-corrected chi connectivity index (χ1v) is 7.93. The van der Waals surface area contributed by atoms with Gasteiger partial charge in [0.05, 0.1) is 4.88 Å². The number of hydrogen-bond acceptors (Lipinski definition) is 3. The molecule has 3 rings (SSSR count). The van der Waals surface area contributed by atoms with Gasteiger partial charge in [0.25, 0.3) is 0 Å². The molecule has 21 heavy (non-hydrogen) atoms. The molecule has 2 aromatic carbocycles. The third-order valence-electron chi connectivity index (χ3n) is 3.47. The lowest BCUT2D eigenvalue weighted by atomic mass is 10.1. The maximum Gasteiger partial charge on any atom is 0.107 e. The van der Waals surface area contributed by atoms with Crippen LogP contribution in [0.5, 0.6) is 0 Å². The van der Waals surface area contributed by atoms with E-state index < -0.39 is 0 Å². The van der Waals surface area contributed by atoms with Crippen LogP contribution in [0.1, 0.15) is 23.5 Å². The molecule has 0 aliphatic carbocycles. The lowest BCUT2D eigenvalue weighted by molar-refractivity contribution is 0.573. The second-order valence-electron chi connectivity index (χ2n) is 5.00. The molecule has 1 aromatic heterocycles. The van der Waals surface area contributed by atoms with Crippen molar-refractivity contribution in [3.63, 3.8) is 0 Å². The Kier molecular flexibility index (Phi) is 4.43. The molecule has 1 heterocycles. The molecule has 3 heteroatoms. The highest BCUT2D eigenvalue weighted by Gasteiger charge is 2.07. The largest absolute Gasteiger partial charge is 0.304 e. The minimum atomic E-state index is 0.329. The minimum Gasteiger partial charge on any atom is -0.304 e. The Morgan fingerprint density at radius 2 is 1.67 bits per heavy atom. The van der Waals surface area contributed by atoms with E-state index in [1.807, 2.05) is 18.3 Å². The molecule has 2 nitrogen and oxygen atoms in total. The Labute approximate surface area is 129 Å². The fraction of sp³-hybridized carbons (Fsp3) is 0.167. The van der Waals surface area contributed by atoms with Crippen LogP contribution in [0.2, 0.25) is 0 Å². The van der Waals surface area contributed by atoms with Crippen LogP contribution in [0.4, 0.5) is 0 Å². The van der Waals surface area contributed by atoms with Crippen LogP contribution in [0.3, 0.4) is 0 Å². The molecule has 0 aliphatic rings. The van der Waals surface area contributed by atoms with Crippen LogP contribution in [0.25, 0.3) is 10.4 Å². The van der Waals surface area contributed by atoms with Crippen molar-refractivity contribution in [1.29, 1.82) is 0 Å². The number of benzene rings is 2. The Morgan fingerprint density at radius 1 is 1.00 bits per heavy atom. The molecule has 0 spiro atoms. The fourth-order valence-corrected chi connectivity index (χ4v) is 3.10. The summed E-state index contributed by atoms with van der Waals surface area (Å²) in [7, 11) is 0. The summed E-state index contributed by atoms with van der Waals surface area (Å²) in [6, 6.07) is 21.2. The van der Waals surface area contributed by atoms with E-state index in [1.54, 1.807) is 11.3 Å². The molecule has 1 N–H and O–H groups in total. The van der Waals surface area contributed by atoms with E-state index in [0.717, 1.165) is 11.6 Å². The van der Waals surface area contributed by atoms with Crippen molar-refractivity contribution < 1.29 is 0 Å². The molecule has 0 unspecified atom stereocenters. The summed E-state index contributed by atoms with van der Waals surface area (Å²) in [4.78, 5) is 5.74. The van der Waals surface area contributed by atoms with Crippen molar-refractivity contribution in [3.8, 4) is 10.4 Å². The number of aromatic nitrogens is 1. The first-order valence-electron chi connectivity index (χ1n) is 7.11. The Morgan fingerprint density at radius 3 is 2.38 bits per heavy atom. The van der Waals surface area contributed by atoms with Crippen LogP contribution in [0, 0.1) is 0 Å². The summed E-state index contributed by atoms with van der Waals surface area (Å²) in [5, 5.41) is 4.65. The topological polar surface area (TPSA) is 24.9 Å². The Balaban J connectivity index is 1.63. The van der Waals surface area contributed by atoms with E-state index in [4.69, 9.17) is 0 Å². The van der Waals surface area contributed by atoms with Crippen LogP contribution in [0.15, 0.2) is 66.9 Å². The molecular weight excluding hydrogens is 276 g/mol. The fourth-order valence-electron chi connectivity index (χ4n) is 2.23. The number of nitrogens with zero attached hydrogens (tertiary/aromatic N) is 1. The summed E-state index contributed by atoms with van der Waals surface area (Å²) >= 11 is 1.75. The molecule has 0 radical (unpaired) electrons. The number of hydrogen-bond donors (Lipinski definition) is 1. The highest BCUT2D eigenvalue weighted by molar-refractivity contribution is 7.15. The zero-order chi connectivity index (χ0) is 14.5. The second kappa shape index (κ2) is 6.66.